The Balaban J connectivity index is 2.02. The van der Waals surface area contributed by atoms with Crippen LogP contribution in [0.25, 0.3) is 0 Å². The van der Waals surface area contributed by atoms with Crippen molar-refractivity contribution < 1.29 is 13.2 Å². The molecule has 0 aliphatic carbocycles. The predicted molar refractivity (Wildman–Crippen MR) is 68.4 cm³/mol. The molecule has 0 atom stereocenters. The molecule has 0 saturated carbocycles. The van der Waals surface area contributed by atoms with Crippen molar-refractivity contribution in [3.8, 4) is 5.75 Å². The Kier molecular flexibility index (Phi) is 3.43. The van der Waals surface area contributed by atoms with Crippen LogP contribution < -0.4 is 15.8 Å². The first-order chi connectivity index (χ1) is 8.02. The first-order valence-corrected chi connectivity index (χ1v) is 7.87. The van der Waals surface area contributed by atoms with Gasteiger partial charge in [0.2, 0.25) is 0 Å². The molecular weight excluding hydrogens is 262 g/mol. The van der Waals surface area contributed by atoms with Crippen molar-refractivity contribution >= 4 is 32.2 Å². The van der Waals surface area contributed by atoms with Crippen LogP contribution in [0.5, 0.6) is 5.75 Å². The Bertz CT molecular complexity index is 484. The van der Waals surface area contributed by atoms with Crippen LogP contribution >= 0.6 is 11.5 Å². The van der Waals surface area contributed by atoms with Crippen LogP contribution in [0, 0.1) is 0 Å². The molecular formula is C9H15N3O3S2. The lowest BCUT2D eigenvalue weighted by molar-refractivity contribution is 0.418. The summed E-state index contributed by atoms with van der Waals surface area (Å²) in [4.78, 5) is 0. The van der Waals surface area contributed by atoms with Crippen molar-refractivity contribution in [3.63, 3.8) is 0 Å². The summed E-state index contributed by atoms with van der Waals surface area (Å²) >= 11 is 1.23. The molecule has 2 rings (SSSR count). The highest BCUT2D eigenvalue weighted by molar-refractivity contribution is 7.91. The smallest absolute Gasteiger partial charge is 0.197 e. The number of aromatic nitrogens is 1. The molecule has 0 aromatic carbocycles. The third kappa shape index (κ3) is 2.81. The van der Waals surface area contributed by atoms with Crippen LogP contribution in [0.3, 0.4) is 0 Å². The minimum Gasteiger partial charge on any atom is -0.490 e. The topological polar surface area (TPSA) is 94.3 Å². The first-order valence-electron chi connectivity index (χ1n) is 5.28. The molecule has 2 heterocycles. The van der Waals surface area contributed by atoms with Gasteiger partial charge in [0.15, 0.2) is 16.6 Å². The van der Waals surface area contributed by atoms with Crippen molar-refractivity contribution in [2.45, 2.75) is 18.9 Å². The first kappa shape index (κ1) is 12.4. The number of hydrogen-bond acceptors (Lipinski definition) is 7. The number of nitrogens with zero attached hydrogens (tertiary/aromatic N) is 1. The molecule has 1 aliphatic rings. The Labute approximate surface area is 104 Å². The van der Waals surface area contributed by atoms with Gasteiger partial charge in [-0.1, -0.05) is 0 Å². The highest BCUT2D eigenvalue weighted by Gasteiger charge is 2.25. The van der Waals surface area contributed by atoms with E-state index in [2.05, 4.69) is 9.69 Å². The second kappa shape index (κ2) is 4.69. The molecule has 17 heavy (non-hydrogen) atoms. The van der Waals surface area contributed by atoms with Gasteiger partial charge >= 0.3 is 0 Å². The lowest BCUT2D eigenvalue weighted by atomic mass is 10.1. The number of methoxy groups -OCH3 is 1. The second-order valence-corrected chi connectivity index (χ2v) is 7.08. The Morgan fingerprint density at radius 3 is 2.71 bits per heavy atom. The van der Waals surface area contributed by atoms with Crippen LogP contribution in [-0.2, 0) is 9.84 Å². The maximum Gasteiger partial charge on any atom is 0.197 e. The van der Waals surface area contributed by atoms with Gasteiger partial charge in [0.1, 0.15) is 9.84 Å². The third-order valence-corrected chi connectivity index (χ3v) is 5.26. The minimum atomic E-state index is -2.83. The fourth-order valence-corrected chi connectivity index (χ4v) is 4.06. The molecule has 0 radical (unpaired) electrons. The van der Waals surface area contributed by atoms with Gasteiger partial charge in [-0.2, -0.15) is 4.37 Å². The Morgan fingerprint density at radius 1 is 1.47 bits per heavy atom. The molecule has 0 unspecified atom stereocenters. The van der Waals surface area contributed by atoms with E-state index < -0.39 is 9.84 Å². The molecule has 1 aromatic heterocycles. The van der Waals surface area contributed by atoms with Gasteiger partial charge in [-0.15, -0.1) is 0 Å². The number of nitrogens with two attached hydrogens (primary N) is 1. The molecule has 0 amide bonds. The zero-order valence-electron chi connectivity index (χ0n) is 9.47. The summed E-state index contributed by atoms with van der Waals surface area (Å²) in [6.45, 7) is 0. The number of hydrogen-bond donors (Lipinski definition) is 2. The van der Waals surface area contributed by atoms with E-state index in [1.807, 2.05) is 0 Å². The van der Waals surface area contributed by atoms with Gasteiger partial charge < -0.3 is 15.8 Å². The summed E-state index contributed by atoms with van der Waals surface area (Å²) < 4.78 is 31.7. The Morgan fingerprint density at radius 2 is 2.12 bits per heavy atom. The lowest BCUT2D eigenvalue weighted by Crippen LogP contribution is -2.31. The van der Waals surface area contributed by atoms with E-state index in [1.54, 1.807) is 0 Å². The summed E-state index contributed by atoms with van der Waals surface area (Å²) in [5.41, 5.74) is 5.64. The molecule has 1 saturated heterocycles. The molecule has 1 aliphatic heterocycles. The fourth-order valence-electron chi connectivity index (χ4n) is 1.80. The van der Waals surface area contributed by atoms with Gasteiger partial charge in [-0.3, -0.25) is 0 Å². The number of sulfone groups is 1. The number of nitrogen functional groups attached to an aromatic ring is 1. The summed E-state index contributed by atoms with van der Waals surface area (Å²) in [6, 6.07) is 0.146. The molecule has 1 aromatic rings. The number of ether oxygens (including phenoxy) is 1. The van der Waals surface area contributed by atoms with Gasteiger partial charge in [-0.25, -0.2) is 8.42 Å². The zero-order valence-corrected chi connectivity index (χ0v) is 11.1. The van der Waals surface area contributed by atoms with Crippen molar-refractivity contribution in [2.75, 3.05) is 29.7 Å². The lowest BCUT2D eigenvalue weighted by Gasteiger charge is -2.23. The Hall–Kier alpha value is -1.02. The molecule has 3 N–H and O–H groups in total. The zero-order chi connectivity index (χ0) is 12.5. The second-order valence-electron chi connectivity index (χ2n) is 4.00. The van der Waals surface area contributed by atoms with Gasteiger partial charge in [0.05, 0.1) is 18.6 Å². The van der Waals surface area contributed by atoms with Gasteiger partial charge in [0, 0.05) is 6.04 Å². The third-order valence-electron chi connectivity index (χ3n) is 2.77. The van der Waals surface area contributed by atoms with Crippen molar-refractivity contribution in [1.82, 2.24) is 4.37 Å². The largest absolute Gasteiger partial charge is 0.490 e. The van der Waals surface area contributed by atoms with Gasteiger partial charge in [0.25, 0.3) is 0 Å². The summed E-state index contributed by atoms with van der Waals surface area (Å²) in [5.74, 6) is 1.38. The minimum absolute atomic E-state index is 0.146. The summed E-state index contributed by atoms with van der Waals surface area (Å²) in [6.07, 6.45) is 1.23. The molecule has 0 bridgehead atoms. The standard InChI is InChI=1S/C9H15N3O3S2/c1-15-7-8(10)12-16-9(7)11-6-2-4-17(13,14)5-3-6/h6,11H,2-5H2,1H3,(H2,10,12). The highest BCUT2D eigenvalue weighted by atomic mass is 32.2. The van der Waals surface area contributed by atoms with E-state index >= 15 is 0 Å². The number of nitrogens with one attached hydrogen (secondary N) is 1. The van der Waals surface area contributed by atoms with Crippen LogP contribution in [-0.4, -0.2) is 37.4 Å². The van der Waals surface area contributed by atoms with Crippen LogP contribution in [0.2, 0.25) is 0 Å². The average molecular weight is 277 g/mol. The molecule has 1 fully saturated rings. The number of anilines is 2. The highest BCUT2D eigenvalue weighted by Crippen LogP contribution is 2.36. The number of rotatable bonds is 3. The van der Waals surface area contributed by atoms with E-state index in [0.29, 0.717) is 24.4 Å². The van der Waals surface area contributed by atoms with E-state index in [-0.39, 0.29) is 17.5 Å². The summed E-state index contributed by atoms with van der Waals surface area (Å²) in [7, 11) is -1.29. The summed E-state index contributed by atoms with van der Waals surface area (Å²) in [5, 5.41) is 4.02. The average Bonchev–Trinajstić information content (AvgIpc) is 2.62. The predicted octanol–water partition coefficient (Wildman–Crippen LogP) is 0.723. The maximum atomic E-state index is 11.3. The maximum absolute atomic E-state index is 11.3. The van der Waals surface area contributed by atoms with Crippen molar-refractivity contribution in [3.05, 3.63) is 0 Å². The molecule has 8 heteroatoms. The quantitative estimate of drug-likeness (QED) is 0.845. The molecule has 6 nitrogen and oxygen atoms in total. The van der Waals surface area contributed by atoms with Crippen molar-refractivity contribution in [1.29, 1.82) is 0 Å². The van der Waals surface area contributed by atoms with Crippen LogP contribution in [0.4, 0.5) is 10.8 Å². The normalized spacial score (nSPS) is 20.1. The van der Waals surface area contributed by atoms with E-state index in [1.165, 1.54) is 18.6 Å². The molecule has 0 spiro atoms. The van der Waals surface area contributed by atoms with Crippen LogP contribution in [0.1, 0.15) is 12.8 Å². The van der Waals surface area contributed by atoms with Gasteiger partial charge in [-0.05, 0) is 24.4 Å². The fraction of sp³-hybridized carbons (Fsp3) is 0.667. The SMILES string of the molecule is COc1c(N)nsc1NC1CCS(=O)(=O)CC1. The monoisotopic (exact) mass is 277 g/mol. The van der Waals surface area contributed by atoms with E-state index in [9.17, 15) is 8.42 Å². The van der Waals surface area contributed by atoms with Crippen LogP contribution in [0.15, 0.2) is 0 Å². The van der Waals surface area contributed by atoms with Crippen molar-refractivity contribution in [2.24, 2.45) is 0 Å². The van der Waals surface area contributed by atoms with E-state index in [4.69, 9.17) is 10.5 Å². The molecule has 96 valence electrons. The van der Waals surface area contributed by atoms with E-state index in [0.717, 1.165) is 5.00 Å².